The van der Waals surface area contributed by atoms with Crippen molar-refractivity contribution in [3.05, 3.63) is 33.9 Å². The van der Waals surface area contributed by atoms with E-state index in [1.165, 1.54) is 7.05 Å². The Morgan fingerprint density at radius 3 is 2.67 bits per heavy atom. The van der Waals surface area contributed by atoms with Crippen LogP contribution in [0.2, 0.25) is 0 Å². The highest BCUT2D eigenvalue weighted by Crippen LogP contribution is 2.30. The molecule has 0 spiro atoms. The van der Waals surface area contributed by atoms with Crippen LogP contribution in [0, 0.1) is 10.1 Å². The van der Waals surface area contributed by atoms with Gasteiger partial charge < -0.3 is 10.6 Å². The predicted molar refractivity (Wildman–Crippen MR) is 60.6 cm³/mol. The number of hydrogen-bond donors (Lipinski definition) is 2. The van der Waals surface area contributed by atoms with E-state index >= 15 is 0 Å². The topological polar surface area (TPSA) is 84.3 Å². The molecule has 0 radical (unpaired) electrons. The van der Waals surface area contributed by atoms with Crippen molar-refractivity contribution in [1.82, 2.24) is 5.32 Å². The van der Waals surface area contributed by atoms with Crippen molar-refractivity contribution < 1.29 is 18.5 Å². The summed E-state index contributed by atoms with van der Waals surface area (Å²) >= 11 is 0. The van der Waals surface area contributed by atoms with E-state index in [0.717, 1.165) is 18.2 Å². The molecule has 0 bridgehead atoms. The van der Waals surface area contributed by atoms with Crippen LogP contribution in [0.4, 0.5) is 20.2 Å². The van der Waals surface area contributed by atoms with Gasteiger partial charge in [-0.3, -0.25) is 14.9 Å². The van der Waals surface area contributed by atoms with Gasteiger partial charge in [0.15, 0.2) is 0 Å². The molecule has 0 aliphatic rings. The molecule has 98 valence electrons. The Morgan fingerprint density at radius 1 is 1.50 bits per heavy atom. The molecule has 0 fully saturated rings. The summed E-state index contributed by atoms with van der Waals surface area (Å²) in [6, 6.07) is 3.04. The van der Waals surface area contributed by atoms with Crippen molar-refractivity contribution in [3.8, 4) is 0 Å². The number of nitrogens with one attached hydrogen (secondary N) is 2. The zero-order valence-corrected chi connectivity index (χ0v) is 9.44. The second-order valence-electron chi connectivity index (χ2n) is 3.36. The Balaban J connectivity index is 2.97. The van der Waals surface area contributed by atoms with Crippen molar-refractivity contribution in [1.29, 1.82) is 0 Å². The fourth-order valence-electron chi connectivity index (χ4n) is 1.27. The average Bonchev–Trinajstić information content (AvgIpc) is 2.35. The molecule has 1 aromatic rings. The summed E-state index contributed by atoms with van der Waals surface area (Å²) in [4.78, 5) is 20.7. The molecule has 1 amide bonds. The van der Waals surface area contributed by atoms with E-state index in [0.29, 0.717) is 0 Å². The number of carbonyl (C=O) groups excluding carboxylic acids is 1. The van der Waals surface area contributed by atoms with Gasteiger partial charge in [-0.15, -0.1) is 0 Å². The number of anilines is 1. The third-order valence-electron chi connectivity index (χ3n) is 2.20. The van der Waals surface area contributed by atoms with Gasteiger partial charge in [-0.1, -0.05) is 0 Å². The van der Waals surface area contributed by atoms with Crippen molar-refractivity contribution >= 4 is 17.3 Å². The maximum absolute atomic E-state index is 12.7. The number of rotatable bonds is 5. The van der Waals surface area contributed by atoms with Gasteiger partial charge in [0.1, 0.15) is 0 Å². The number of likely N-dealkylation sites (N-methyl/N-ethyl adjacent to an activating group) is 1. The maximum Gasteiger partial charge on any atom is 0.270 e. The molecule has 1 aromatic carbocycles. The smallest absolute Gasteiger partial charge is 0.270 e. The Labute approximate surface area is 101 Å². The third-order valence-corrected chi connectivity index (χ3v) is 2.20. The highest BCUT2D eigenvalue weighted by molar-refractivity contribution is 5.80. The molecular formula is C10H11F2N3O3. The van der Waals surface area contributed by atoms with Crippen LogP contribution in [0.25, 0.3) is 0 Å². The Hall–Kier alpha value is -2.25. The van der Waals surface area contributed by atoms with Crippen molar-refractivity contribution in [2.24, 2.45) is 0 Å². The lowest BCUT2D eigenvalue weighted by atomic mass is 10.1. The van der Waals surface area contributed by atoms with Gasteiger partial charge >= 0.3 is 0 Å². The number of halogens is 2. The quantitative estimate of drug-likeness (QED) is 0.622. The SMILES string of the molecule is CNC(=O)CNc1ccc([N+](=O)[O-])cc1C(F)F. The molecule has 0 aromatic heterocycles. The van der Waals surface area contributed by atoms with E-state index in [1.54, 1.807) is 0 Å². The van der Waals surface area contributed by atoms with Crippen LogP contribution in [0.5, 0.6) is 0 Å². The molecule has 2 N–H and O–H groups in total. The van der Waals surface area contributed by atoms with Crippen LogP contribution < -0.4 is 10.6 Å². The van der Waals surface area contributed by atoms with E-state index < -0.39 is 22.6 Å². The normalized spacial score (nSPS) is 10.2. The first kappa shape index (κ1) is 13.8. The molecule has 18 heavy (non-hydrogen) atoms. The van der Waals surface area contributed by atoms with Gasteiger partial charge in [-0.2, -0.15) is 0 Å². The van der Waals surface area contributed by atoms with Gasteiger partial charge in [0.25, 0.3) is 12.1 Å². The van der Waals surface area contributed by atoms with Crippen LogP contribution in [0.1, 0.15) is 12.0 Å². The largest absolute Gasteiger partial charge is 0.376 e. The number of nitro groups is 1. The predicted octanol–water partition coefficient (Wildman–Crippen LogP) is 1.69. The number of hydrogen-bond acceptors (Lipinski definition) is 4. The second-order valence-corrected chi connectivity index (χ2v) is 3.36. The number of alkyl halides is 2. The Morgan fingerprint density at radius 2 is 2.17 bits per heavy atom. The molecule has 0 aliphatic heterocycles. The Kier molecular flexibility index (Phi) is 4.52. The van der Waals surface area contributed by atoms with E-state index in [4.69, 9.17) is 0 Å². The summed E-state index contributed by atoms with van der Waals surface area (Å²) in [5.74, 6) is -0.381. The highest BCUT2D eigenvalue weighted by atomic mass is 19.3. The van der Waals surface area contributed by atoms with E-state index in [-0.39, 0.29) is 18.1 Å². The minimum Gasteiger partial charge on any atom is -0.376 e. The average molecular weight is 259 g/mol. The van der Waals surface area contributed by atoms with Crippen LogP contribution >= 0.6 is 0 Å². The molecule has 0 saturated heterocycles. The zero-order valence-electron chi connectivity index (χ0n) is 9.44. The molecule has 0 heterocycles. The minimum atomic E-state index is -2.86. The van der Waals surface area contributed by atoms with Gasteiger partial charge in [0.2, 0.25) is 5.91 Å². The lowest BCUT2D eigenvalue weighted by Crippen LogP contribution is -2.26. The molecule has 0 atom stereocenters. The van der Waals surface area contributed by atoms with Crippen LogP contribution in [-0.4, -0.2) is 24.4 Å². The number of non-ortho nitro benzene ring substituents is 1. The van der Waals surface area contributed by atoms with Gasteiger partial charge in [-0.05, 0) is 6.07 Å². The number of amides is 1. The van der Waals surface area contributed by atoms with Crippen molar-refractivity contribution in [2.75, 3.05) is 18.9 Å². The standard InChI is InChI=1S/C10H11F2N3O3/c1-13-9(16)5-14-8-3-2-6(15(17)18)4-7(8)10(11)12/h2-4,10,14H,5H2,1H3,(H,13,16). The second kappa shape index (κ2) is 5.89. The van der Waals surface area contributed by atoms with Crippen LogP contribution in [0.3, 0.4) is 0 Å². The Bertz CT molecular complexity index is 466. The highest BCUT2D eigenvalue weighted by Gasteiger charge is 2.18. The molecule has 0 saturated carbocycles. The first-order chi connectivity index (χ1) is 8.45. The fraction of sp³-hybridized carbons (Fsp3) is 0.300. The summed E-state index contributed by atoms with van der Waals surface area (Å²) < 4.78 is 25.4. The summed E-state index contributed by atoms with van der Waals surface area (Å²) in [7, 11) is 1.41. The molecule has 1 rings (SSSR count). The lowest BCUT2D eigenvalue weighted by molar-refractivity contribution is -0.385. The van der Waals surface area contributed by atoms with Gasteiger partial charge in [0.05, 0.1) is 11.5 Å². The summed E-state index contributed by atoms with van der Waals surface area (Å²) in [5, 5.41) is 15.3. The van der Waals surface area contributed by atoms with E-state index in [1.807, 2.05) is 0 Å². The number of carbonyl (C=O) groups is 1. The first-order valence-corrected chi connectivity index (χ1v) is 4.96. The molecular weight excluding hydrogens is 248 g/mol. The van der Waals surface area contributed by atoms with Crippen LogP contribution in [-0.2, 0) is 4.79 Å². The van der Waals surface area contributed by atoms with E-state index in [9.17, 15) is 23.7 Å². The monoisotopic (exact) mass is 259 g/mol. The number of benzene rings is 1. The van der Waals surface area contributed by atoms with Gasteiger partial charge in [-0.25, -0.2) is 8.78 Å². The summed E-state index contributed by atoms with van der Waals surface area (Å²) in [6.45, 7) is -0.186. The fourth-order valence-corrected chi connectivity index (χ4v) is 1.27. The zero-order chi connectivity index (χ0) is 13.7. The summed E-state index contributed by atoms with van der Waals surface area (Å²) in [6.07, 6.45) is -2.86. The molecule has 6 nitrogen and oxygen atoms in total. The van der Waals surface area contributed by atoms with Crippen LogP contribution in [0.15, 0.2) is 18.2 Å². The lowest BCUT2D eigenvalue weighted by Gasteiger charge is -2.10. The maximum atomic E-state index is 12.7. The van der Waals surface area contributed by atoms with Crippen molar-refractivity contribution in [2.45, 2.75) is 6.43 Å². The first-order valence-electron chi connectivity index (χ1n) is 4.96. The molecule has 0 aliphatic carbocycles. The number of nitrogens with zero attached hydrogens (tertiary/aromatic N) is 1. The molecule has 0 unspecified atom stereocenters. The van der Waals surface area contributed by atoms with Crippen molar-refractivity contribution in [3.63, 3.8) is 0 Å². The summed E-state index contributed by atoms with van der Waals surface area (Å²) in [5.41, 5.74) is -0.928. The third kappa shape index (κ3) is 3.37. The minimum absolute atomic E-state index is 0.000741. The molecule has 8 heteroatoms. The number of nitro benzene ring substituents is 1. The van der Waals surface area contributed by atoms with E-state index in [2.05, 4.69) is 10.6 Å². The van der Waals surface area contributed by atoms with Gasteiger partial charge in [0, 0.05) is 30.4 Å².